The van der Waals surface area contributed by atoms with Crippen LogP contribution in [0.2, 0.25) is 0 Å². The molecule has 9 nitrogen and oxygen atoms in total. The number of para-hydroxylation sites is 6. The van der Waals surface area contributed by atoms with E-state index in [1.165, 1.54) is 16.7 Å². The average Bonchev–Trinajstić information content (AvgIpc) is 3.41. The van der Waals surface area contributed by atoms with Crippen molar-refractivity contribution in [1.82, 2.24) is 15.0 Å². The fraction of sp³-hybridized carbons (Fsp3) is 0.215. The zero-order valence-corrected chi connectivity index (χ0v) is 49.4. The first kappa shape index (κ1) is 64.4. The number of nitrogens with zero attached hydrogens (tertiary/aromatic N) is 9. The van der Waals surface area contributed by atoms with Crippen LogP contribution < -0.4 is 0 Å². The number of rotatable bonds is 15. The molecule has 3 aromatic heterocycles. The molecule has 0 bridgehead atoms. The van der Waals surface area contributed by atoms with Gasteiger partial charge in [-0.25, -0.2) is 0 Å². The number of benzene rings is 6. The summed E-state index contributed by atoms with van der Waals surface area (Å²) in [6, 6.07) is 54.7. The van der Waals surface area contributed by atoms with Gasteiger partial charge in [0.1, 0.15) is 0 Å². The number of hydrogen-bond acceptors (Lipinski definition) is 3. The number of hydrogen-bond donors (Lipinski definition) is 0. The molecular weight excluding hydrogens is 1070 g/mol. The van der Waals surface area contributed by atoms with Gasteiger partial charge in [-0.05, 0) is 98.7 Å². The van der Waals surface area contributed by atoms with Crippen LogP contribution >= 0.6 is 0 Å². The molecule has 0 aliphatic heterocycles. The third-order valence-corrected chi connectivity index (χ3v) is 11.8. The molecule has 3 radical (unpaired) electrons. The smallest absolute Gasteiger partial charge is 0.685 e. The molecule has 0 atom stereocenters. The van der Waals surface area contributed by atoms with Crippen LogP contribution in [0.15, 0.2) is 201 Å². The van der Waals surface area contributed by atoms with Crippen LogP contribution in [0.1, 0.15) is 57.0 Å². The Bertz CT molecular complexity index is 2640. The van der Waals surface area contributed by atoms with Gasteiger partial charge in [0.25, 0.3) is 0 Å². The predicted octanol–water partition coefficient (Wildman–Crippen LogP) is 20.1. The first-order valence-corrected chi connectivity index (χ1v) is 25.0. The Balaban J connectivity index is 0.000000624. The van der Waals surface area contributed by atoms with E-state index in [1.807, 2.05) is 127 Å². The van der Waals surface area contributed by atoms with Crippen molar-refractivity contribution in [1.29, 1.82) is 0 Å². The van der Waals surface area contributed by atoms with E-state index in [0.29, 0.717) is 19.6 Å². The fourth-order valence-electron chi connectivity index (χ4n) is 8.40. The largest absolute Gasteiger partial charge is 2.00 e. The van der Waals surface area contributed by atoms with Crippen molar-refractivity contribution in [2.24, 2.45) is 5.41 Å². The van der Waals surface area contributed by atoms with Gasteiger partial charge < -0.3 is 31.9 Å². The average molecular weight is 1140 g/mol. The van der Waals surface area contributed by atoms with Gasteiger partial charge in [0, 0.05) is 37.2 Å². The van der Waals surface area contributed by atoms with Gasteiger partial charge in [0.2, 0.25) is 0 Å². The maximum atomic E-state index is 5.26. The Morgan fingerprint density at radius 3 is 0.688 bits per heavy atom. The second-order valence-electron chi connectivity index (χ2n) is 18.9. The molecule has 9 rings (SSSR count). The Hall–Kier alpha value is -6.87. The molecular formula is C65H69Mn3N9. The number of aromatic nitrogens is 3. The van der Waals surface area contributed by atoms with Crippen LogP contribution in [0, 0.1) is 67.7 Å². The van der Waals surface area contributed by atoms with E-state index in [0.717, 1.165) is 84.6 Å². The first-order valence-electron chi connectivity index (χ1n) is 25.0. The van der Waals surface area contributed by atoms with Crippen LogP contribution in [-0.4, -0.2) is 34.6 Å². The van der Waals surface area contributed by atoms with Crippen LogP contribution in [0.5, 0.6) is 0 Å². The van der Waals surface area contributed by atoms with Crippen molar-refractivity contribution in [2.75, 3.05) is 19.6 Å². The molecule has 0 aliphatic carbocycles. The van der Waals surface area contributed by atoms with Crippen molar-refractivity contribution in [3.05, 3.63) is 283 Å². The summed E-state index contributed by atoms with van der Waals surface area (Å²) in [5.41, 5.74) is 18.2. The van der Waals surface area contributed by atoms with Crippen LogP contribution in [0.3, 0.4) is 0 Å². The summed E-state index contributed by atoms with van der Waals surface area (Å²) >= 11 is 0. The van der Waals surface area contributed by atoms with Crippen molar-refractivity contribution < 1.29 is 51.2 Å². The summed E-state index contributed by atoms with van der Waals surface area (Å²) in [6.45, 7) is 22.8. The second-order valence-corrected chi connectivity index (χ2v) is 18.9. The van der Waals surface area contributed by atoms with Crippen molar-refractivity contribution >= 4 is 51.2 Å². The maximum Gasteiger partial charge on any atom is 2.00 e. The number of pyridine rings is 3. The predicted molar refractivity (Wildman–Crippen MR) is 314 cm³/mol. The summed E-state index contributed by atoms with van der Waals surface area (Å²) in [5, 5.41) is 31.2. The van der Waals surface area contributed by atoms with Gasteiger partial charge in [-0.15, -0.1) is 36.7 Å². The minimum absolute atomic E-state index is 0. The quantitative estimate of drug-likeness (QED) is 0.0950. The molecule has 0 aliphatic rings. The summed E-state index contributed by atoms with van der Waals surface area (Å²) in [5.74, 6) is 0. The van der Waals surface area contributed by atoms with Gasteiger partial charge in [-0.1, -0.05) is 190 Å². The molecule has 6 aromatic carbocycles. The summed E-state index contributed by atoms with van der Waals surface area (Å²) < 4.78 is 0. The molecule has 0 unspecified atom stereocenters. The van der Waals surface area contributed by atoms with Crippen LogP contribution in [0.4, 0.5) is 51.2 Å². The molecule has 0 saturated carbocycles. The van der Waals surface area contributed by atoms with E-state index in [-0.39, 0.29) is 51.2 Å². The van der Waals surface area contributed by atoms with E-state index in [4.69, 9.17) is 31.9 Å². The van der Waals surface area contributed by atoms with E-state index < -0.39 is 5.41 Å². The third kappa shape index (κ3) is 20.9. The molecule has 12 heteroatoms. The standard InChI is InChI=1S/C50H54N6.3C5H5N.3Mn/c1-32-23-35(4)47(36(5)24-32)54-44-20-14-11-17-41(44)51-29-50(10,30-52-42-18-12-15-21-45(42)55-48-37(6)25-33(2)26-38(48)7)31-53-43-19-13-16-22-46(43)56-49-39(8)27-34(3)28-40(49)9;3*1-2-4-6-5-3-1;;;/h11-28H,29-31H2,1-10H3;3*1-5H;;;/q-6;;;;3*+2. The monoisotopic (exact) mass is 1140 g/mol. The Labute approximate surface area is 491 Å². The van der Waals surface area contributed by atoms with Crippen molar-refractivity contribution in [3.63, 3.8) is 0 Å². The summed E-state index contributed by atoms with van der Waals surface area (Å²) in [6.07, 6.45) is 10.5. The minimum atomic E-state index is -0.450. The number of aryl methyl sites for hydroxylation is 9. The zero-order chi connectivity index (χ0) is 52.7. The molecule has 0 saturated heterocycles. The SMILES string of the molecule is Cc1cc(C)c([N-]c2ccccc2[N-]CC(C)(C[N-]c2ccccc2[N-]c2c(C)cc(C)cc2C)C[N-]c2ccccc2[N-]c2c(C)cc(C)cc2C)c(C)c1.[Mn+2].[Mn+2].[Mn+2].c1ccncc1.c1ccncc1.c1ccncc1. The van der Waals surface area contributed by atoms with Gasteiger partial charge in [-0.2, -0.15) is 34.1 Å². The Morgan fingerprint density at radius 1 is 0.299 bits per heavy atom. The van der Waals surface area contributed by atoms with E-state index >= 15 is 0 Å². The maximum absolute atomic E-state index is 5.26. The van der Waals surface area contributed by atoms with Gasteiger partial charge in [-0.3, -0.25) is 15.0 Å². The molecule has 3 heterocycles. The third-order valence-electron chi connectivity index (χ3n) is 11.8. The van der Waals surface area contributed by atoms with Crippen LogP contribution in [0.25, 0.3) is 31.9 Å². The molecule has 0 N–H and O–H groups in total. The van der Waals surface area contributed by atoms with E-state index in [1.54, 1.807) is 37.2 Å². The molecule has 0 fully saturated rings. The van der Waals surface area contributed by atoms with Crippen molar-refractivity contribution in [2.45, 2.75) is 69.2 Å². The van der Waals surface area contributed by atoms with Crippen LogP contribution in [-0.2, 0) is 51.2 Å². The van der Waals surface area contributed by atoms with Crippen molar-refractivity contribution in [3.8, 4) is 0 Å². The fourth-order valence-corrected chi connectivity index (χ4v) is 8.40. The summed E-state index contributed by atoms with van der Waals surface area (Å²) in [4.78, 5) is 11.4. The first-order chi connectivity index (χ1) is 35.8. The normalized spacial score (nSPS) is 10.1. The van der Waals surface area contributed by atoms with Gasteiger partial charge in [0.15, 0.2) is 0 Å². The Kier molecular flexibility index (Phi) is 27.9. The molecule has 0 spiro atoms. The van der Waals surface area contributed by atoms with Gasteiger partial charge in [0.05, 0.1) is 0 Å². The zero-order valence-electron chi connectivity index (χ0n) is 45.8. The van der Waals surface area contributed by atoms with E-state index in [9.17, 15) is 0 Å². The second kappa shape index (κ2) is 33.3. The Morgan fingerprint density at radius 2 is 0.506 bits per heavy atom. The van der Waals surface area contributed by atoms with Gasteiger partial charge >= 0.3 is 51.2 Å². The minimum Gasteiger partial charge on any atom is -0.685 e. The van der Waals surface area contributed by atoms with E-state index in [2.05, 4.69) is 121 Å². The molecule has 77 heavy (non-hydrogen) atoms. The summed E-state index contributed by atoms with van der Waals surface area (Å²) in [7, 11) is 0. The molecule has 0 amide bonds. The topological polar surface area (TPSA) is 123 Å². The molecule has 395 valence electrons. The molecule has 9 aromatic rings.